The summed E-state index contributed by atoms with van der Waals surface area (Å²) in [6.45, 7) is 6.88. The van der Waals surface area contributed by atoms with Crippen LogP contribution in [0.15, 0.2) is 34.5 Å². The predicted octanol–water partition coefficient (Wildman–Crippen LogP) is 4.60. The van der Waals surface area contributed by atoms with Gasteiger partial charge in [-0.3, -0.25) is 4.99 Å². The maximum absolute atomic E-state index is 12.2. The molecule has 12 heteroatoms. The van der Waals surface area contributed by atoms with E-state index < -0.39 is 11.6 Å². The third kappa shape index (κ3) is 8.85. The molecular formula is C28H35ClN6O5. The fraction of sp³-hybridized carbons (Fsp3) is 0.429. The molecule has 2 heterocycles. The van der Waals surface area contributed by atoms with Crippen LogP contribution in [0.4, 0.5) is 10.7 Å². The van der Waals surface area contributed by atoms with Crippen LogP contribution in [-0.2, 0) is 9.47 Å². The molecule has 1 fully saturated rings. The monoisotopic (exact) mass is 570 g/mol. The normalized spacial score (nSPS) is 15.1. The van der Waals surface area contributed by atoms with Gasteiger partial charge < -0.3 is 24.8 Å². The number of benzene rings is 1. The number of hydrogen-bond donors (Lipinski definition) is 1. The minimum Gasteiger partial charge on any atom is -0.495 e. The quantitative estimate of drug-likeness (QED) is 0.358. The van der Waals surface area contributed by atoms with Gasteiger partial charge in [0.2, 0.25) is 5.95 Å². The van der Waals surface area contributed by atoms with Crippen LogP contribution < -0.4 is 10.5 Å². The van der Waals surface area contributed by atoms with Gasteiger partial charge in [0.15, 0.2) is 0 Å². The molecular weight excluding hydrogens is 536 g/mol. The van der Waals surface area contributed by atoms with Gasteiger partial charge in [0.05, 0.1) is 36.6 Å². The molecule has 0 radical (unpaired) electrons. The van der Waals surface area contributed by atoms with E-state index in [2.05, 4.69) is 20.0 Å². The molecule has 1 aromatic heterocycles. The average Bonchev–Trinajstić information content (AvgIpc) is 2.94. The lowest BCUT2D eigenvalue weighted by Gasteiger charge is -2.32. The summed E-state index contributed by atoms with van der Waals surface area (Å²) in [4.78, 5) is 43.5. The Balaban J connectivity index is 1.63. The van der Waals surface area contributed by atoms with E-state index in [1.165, 1.54) is 20.3 Å². The molecule has 214 valence electrons. The van der Waals surface area contributed by atoms with Gasteiger partial charge in [-0.15, -0.1) is 0 Å². The molecule has 0 aliphatic carbocycles. The number of aliphatic imine (C=N–C) groups is 2. The zero-order chi connectivity index (χ0) is 29.3. The number of rotatable bonds is 8. The zero-order valence-corrected chi connectivity index (χ0v) is 24.1. The second-order valence-corrected chi connectivity index (χ2v) is 10.4. The number of nitrogens with zero attached hydrogens (tertiary/aromatic N) is 5. The maximum Gasteiger partial charge on any atom is 0.410 e. The van der Waals surface area contributed by atoms with Crippen molar-refractivity contribution in [2.24, 2.45) is 15.7 Å². The summed E-state index contributed by atoms with van der Waals surface area (Å²) >= 11 is 6.40. The second-order valence-electron chi connectivity index (χ2n) is 10.0. The standard InChI is InChI=1S/C28H35ClN6O5/c1-28(2,3)40-27(37)35-10-8-21(9-11-35)31-17-22(14-30)34-26-32-15-18(16-33-26)6-7-19-12-20(25(36)39-5)13-23(38-4)24(19)29/h6-7,12-13,15-17,21H,8-11,14,30H2,1-5H3/b7-6+,31-17?,34-22?. The van der Waals surface area contributed by atoms with Crippen molar-refractivity contribution in [3.63, 3.8) is 0 Å². The number of carbonyl (C=O) groups excluding carboxylic acids is 2. The van der Waals surface area contributed by atoms with E-state index in [9.17, 15) is 9.59 Å². The van der Waals surface area contributed by atoms with Crippen molar-refractivity contribution in [1.82, 2.24) is 14.9 Å². The number of methoxy groups -OCH3 is 2. The first-order valence-electron chi connectivity index (χ1n) is 12.8. The number of likely N-dealkylation sites (tertiary alicyclic amines) is 1. The highest BCUT2D eigenvalue weighted by molar-refractivity contribution is 6.34. The summed E-state index contributed by atoms with van der Waals surface area (Å²) in [5, 5.41) is 0.357. The van der Waals surface area contributed by atoms with Crippen LogP contribution in [0, 0.1) is 0 Å². The van der Waals surface area contributed by atoms with Crippen molar-refractivity contribution in [2.45, 2.75) is 45.3 Å². The van der Waals surface area contributed by atoms with E-state index in [1.54, 1.807) is 41.7 Å². The van der Waals surface area contributed by atoms with E-state index in [1.807, 2.05) is 20.8 Å². The van der Waals surface area contributed by atoms with Crippen molar-refractivity contribution < 1.29 is 23.8 Å². The van der Waals surface area contributed by atoms with E-state index in [4.69, 9.17) is 31.5 Å². The smallest absolute Gasteiger partial charge is 0.410 e. The summed E-state index contributed by atoms with van der Waals surface area (Å²) in [5.41, 5.74) is 7.46. The molecule has 1 aliphatic heterocycles. The Hall–Kier alpha value is -3.83. The summed E-state index contributed by atoms with van der Waals surface area (Å²) in [5.74, 6) is 0.103. The molecule has 0 saturated carbocycles. The Bertz CT molecular complexity index is 1280. The Morgan fingerprint density at radius 2 is 1.82 bits per heavy atom. The largest absolute Gasteiger partial charge is 0.495 e. The Labute approximate surface area is 239 Å². The molecule has 11 nitrogen and oxygen atoms in total. The minimum atomic E-state index is -0.519. The molecule has 40 heavy (non-hydrogen) atoms. The summed E-state index contributed by atoms with van der Waals surface area (Å²) in [6.07, 6.45) is 9.49. The van der Waals surface area contributed by atoms with Gasteiger partial charge in [-0.25, -0.2) is 24.5 Å². The molecule has 3 rings (SSSR count). The van der Waals surface area contributed by atoms with Crippen LogP contribution >= 0.6 is 11.6 Å². The second kappa shape index (κ2) is 14.0. The van der Waals surface area contributed by atoms with Crippen molar-refractivity contribution >= 4 is 53.7 Å². The first kappa shape index (κ1) is 30.7. The summed E-state index contributed by atoms with van der Waals surface area (Å²) in [7, 11) is 2.78. The minimum absolute atomic E-state index is 0.0620. The fourth-order valence-electron chi connectivity index (χ4n) is 3.76. The number of esters is 1. The number of piperidine rings is 1. The van der Waals surface area contributed by atoms with Gasteiger partial charge in [0.1, 0.15) is 11.4 Å². The number of aromatic nitrogens is 2. The van der Waals surface area contributed by atoms with Gasteiger partial charge in [0.25, 0.3) is 0 Å². The lowest BCUT2D eigenvalue weighted by Crippen LogP contribution is -2.42. The number of nitrogens with two attached hydrogens (primary N) is 1. The van der Waals surface area contributed by atoms with Crippen LogP contribution in [0.25, 0.3) is 12.2 Å². The third-order valence-corrected chi connectivity index (χ3v) is 6.23. The third-order valence-electron chi connectivity index (χ3n) is 5.83. The van der Waals surface area contributed by atoms with E-state index in [0.29, 0.717) is 46.3 Å². The molecule has 0 spiro atoms. The van der Waals surface area contributed by atoms with Crippen LogP contribution in [-0.4, -0.2) is 84.4 Å². The first-order valence-corrected chi connectivity index (χ1v) is 13.2. The number of halogens is 1. The Kier molecular flexibility index (Phi) is 10.7. The van der Waals surface area contributed by atoms with E-state index in [0.717, 1.165) is 12.8 Å². The number of ether oxygens (including phenoxy) is 3. The molecule has 1 amide bonds. The maximum atomic E-state index is 12.2. The summed E-state index contributed by atoms with van der Waals surface area (Å²) in [6, 6.07) is 3.19. The van der Waals surface area contributed by atoms with E-state index in [-0.39, 0.29) is 24.6 Å². The molecule has 1 aliphatic rings. The molecule has 0 bridgehead atoms. The molecule has 2 N–H and O–H groups in total. The first-order chi connectivity index (χ1) is 19.0. The zero-order valence-electron chi connectivity index (χ0n) is 23.4. The van der Waals surface area contributed by atoms with Crippen LogP contribution in [0.3, 0.4) is 0 Å². The molecule has 2 aromatic rings. The van der Waals surface area contributed by atoms with Gasteiger partial charge in [-0.2, -0.15) is 0 Å². The Morgan fingerprint density at radius 1 is 1.15 bits per heavy atom. The highest BCUT2D eigenvalue weighted by atomic mass is 35.5. The van der Waals surface area contributed by atoms with Crippen molar-refractivity contribution in [2.75, 3.05) is 33.9 Å². The molecule has 1 aromatic carbocycles. The van der Waals surface area contributed by atoms with Crippen molar-refractivity contribution in [3.05, 3.63) is 46.2 Å². The number of amides is 1. The lowest BCUT2D eigenvalue weighted by molar-refractivity contribution is 0.0207. The van der Waals surface area contributed by atoms with Crippen LogP contribution in [0.1, 0.15) is 55.1 Å². The van der Waals surface area contributed by atoms with Crippen molar-refractivity contribution in [1.29, 1.82) is 0 Å². The summed E-state index contributed by atoms with van der Waals surface area (Å²) < 4.78 is 15.5. The van der Waals surface area contributed by atoms with Crippen molar-refractivity contribution in [3.8, 4) is 5.75 Å². The van der Waals surface area contributed by atoms with E-state index >= 15 is 0 Å². The number of carbonyl (C=O) groups is 2. The van der Waals surface area contributed by atoms with Crippen LogP contribution in [0.2, 0.25) is 5.02 Å². The molecule has 0 atom stereocenters. The van der Waals surface area contributed by atoms with Gasteiger partial charge in [-0.1, -0.05) is 23.8 Å². The fourth-order valence-corrected chi connectivity index (χ4v) is 4.01. The highest BCUT2D eigenvalue weighted by Crippen LogP contribution is 2.31. The molecule has 1 saturated heterocycles. The topological polar surface area (TPSA) is 142 Å². The predicted molar refractivity (Wildman–Crippen MR) is 156 cm³/mol. The van der Waals surface area contributed by atoms with Gasteiger partial charge >= 0.3 is 12.1 Å². The lowest BCUT2D eigenvalue weighted by atomic mass is 10.1. The molecule has 0 unspecified atom stereocenters. The highest BCUT2D eigenvalue weighted by Gasteiger charge is 2.26. The van der Waals surface area contributed by atoms with Crippen LogP contribution in [0.5, 0.6) is 5.75 Å². The van der Waals surface area contributed by atoms with Gasteiger partial charge in [-0.05, 0) is 51.3 Å². The Morgan fingerprint density at radius 3 is 2.40 bits per heavy atom. The number of hydrogen-bond acceptors (Lipinski definition) is 10. The van der Waals surface area contributed by atoms with Gasteiger partial charge in [0, 0.05) is 43.8 Å². The SMILES string of the molecule is COC(=O)c1cc(/C=C/c2cnc(N=C(C=NC3CCN(C(=O)OC(C)(C)C)CC3)CN)nc2)c(Cl)c(OC)c1. The average molecular weight is 571 g/mol.